The van der Waals surface area contributed by atoms with Crippen molar-refractivity contribution in [1.29, 1.82) is 0 Å². The smallest absolute Gasteiger partial charge is 0.683 e. The summed E-state index contributed by atoms with van der Waals surface area (Å²) in [6.07, 6.45) is 1.89. The minimum absolute atomic E-state index is 0. The number of hydrogen-bond acceptors (Lipinski definition) is 4. The molecule has 1 fully saturated rings. The summed E-state index contributed by atoms with van der Waals surface area (Å²) in [6, 6.07) is 20.4. The maximum Gasteiger partial charge on any atom is 2.00 e. The van der Waals surface area contributed by atoms with Crippen LogP contribution in [0.2, 0.25) is 0 Å². The number of pyridine rings is 1. The van der Waals surface area contributed by atoms with Crippen molar-refractivity contribution in [2.24, 2.45) is 10.7 Å². The summed E-state index contributed by atoms with van der Waals surface area (Å²) in [6.45, 7) is 1.93. The van der Waals surface area contributed by atoms with Crippen LogP contribution in [-0.4, -0.2) is 15.9 Å². The van der Waals surface area contributed by atoms with Gasteiger partial charge in [-0.05, 0) is 48.8 Å². The quantitative estimate of drug-likeness (QED) is 0.245. The number of benzene rings is 2. The van der Waals surface area contributed by atoms with Gasteiger partial charge in [-0.25, -0.2) is 9.98 Å². The number of aliphatic imine (C=N–C) groups is 1. The Morgan fingerprint density at radius 3 is 2.57 bits per heavy atom. The minimum Gasteiger partial charge on any atom is -0.683 e. The molecular formula is C24H23N3O2U. The molecule has 1 aromatic heterocycles. The van der Waals surface area contributed by atoms with E-state index in [9.17, 15) is 5.11 Å². The fourth-order valence-electron chi connectivity index (χ4n) is 3.66. The first kappa shape index (κ1) is 22.6. The molecule has 0 saturated heterocycles. The van der Waals surface area contributed by atoms with Crippen LogP contribution in [0.4, 0.5) is 5.82 Å². The molecule has 3 aromatic rings. The Balaban J connectivity index is 0.00000256. The minimum atomic E-state index is -0.256. The Hall–Kier alpha value is -2.13. The number of ether oxygens (including phenoxy) is 1. The van der Waals surface area contributed by atoms with Crippen molar-refractivity contribution in [2.45, 2.75) is 31.8 Å². The van der Waals surface area contributed by atoms with Crippen LogP contribution in [0, 0.1) is 51.2 Å². The Bertz CT molecular complexity index is 1060. The van der Waals surface area contributed by atoms with Crippen molar-refractivity contribution in [3.8, 4) is 16.9 Å². The molecule has 0 atom stereocenters. The molecule has 0 bridgehead atoms. The van der Waals surface area contributed by atoms with Gasteiger partial charge in [-0.1, -0.05) is 24.3 Å². The van der Waals surface area contributed by atoms with Crippen molar-refractivity contribution in [3.05, 3.63) is 84.6 Å². The number of hydrogen-bond donors (Lipinski definition) is 2. The largest absolute Gasteiger partial charge is 2.00 e. The summed E-state index contributed by atoms with van der Waals surface area (Å²) in [7, 11) is 3.40. The van der Waals surface area contributed by atoms with Gasteiger partial charge in [0.2, 0.25) is 0 Å². The molecule has 0 aliphatic heterocycles. The van der Waals surface area contributed by atoms with Crippen LogP contribution in [0.5, 0.6) is 5.75 Å². The second kappa shape index (κ2) is 9.35. The van der Waals surface area contributed by atoms with Crippen LogP contribution in [-0.2, 0) is 12.0 Å². The summed E-state index contributed by atoms with van der Waals surface area (Å²) >= 11 is 0. The predicted octanol–water partition coefficient (Wildman–Crippen LogP) is 4.24. The van der Waals surface area contributed by atoms with Gasteiger partial charge in [0.05, 0.1) is 6.61 Å². The molecule has 0 radical (unpaired) electrons. The van der Waals surface area contributed by atoms with Crippen molar-refractivity contribution in [3.63, 3.8) is 0 Å². The van der Waals surface area contributed by atoms with Crippen LogP contribution in [0.15, 0.2) is 59.6 Å². The van der Waals surface area contributed by atoms with E-state index in [0.717, 1.165) is 40.8 Å². The van der Waals surface area contributed by atoms with Crippen molar-refractivity contribution < 1.29 is 41.0 Å². The predicted molar refractivity (Wildman–Crippen MR) is 114 cm³/mol. The van der Waals surface area contributed by atoms with E-state index in [4.69, 9.17) is 10.5 Å². The molecular weight excluding hydrogens is 600 g/mol. The van der Waals surface area contributed by atoms with Crippen LogP contribution < -0.4 is 10.5 Å². The fraction of sp³-hybridized carbons (Fsp3) is 0.208. The van der Waals surface area contributed by atoms with Crippen LogP contribution in [0.25, 0.3) is 11.1 Å². The zero-order valence-corrected chi connectivity index (χ0v) is 21.0. The van der Waals surface area contributed by atoms with Gasteiger partial charge in [0, 0.05) is 16.7 Å². The maximum absolute atomic E-state index is 9.61. The van der Waals surface area contributed by atoms with Gasteiger partial charge in [0.25, 0.3) is 0 Å². The van der Waals surface area contributed by atoms with Crippen LogP contribution in [0.3, 0.4) is 0 Å². The topological polar surface area (TPSA) is 80.7 Å². The first-order chi connectivity index (χ1) is 14.1. The maximum atomic E-state index is 9.61. The van der Waals surface area contributed by atoms with Crippen molar-refractivity contribution >= 4 is 11.7 Å². The monoisotopic (exact) mass is 623 g/mol. The zero-order valence-electron chi connectivity index (χ0n) is 16.9. The number of aliphatic hydroxyl groups is 1. The molecule has 3 N–H and O–H groups in total. The summed E-state index contributed by atoms with van der Waals surface area (Å²) in [5, 5.41) is 9.61. The number of aliphatic hydroxyl groups excluding tert-OH is 1. The van der Waals surface area contributed by atoms with E-state index in [-0.39, 0.29) is 43.1 Å². The van der Waals surface area contributed by atoms with Crippen molar-refractivity contribution in [2.75, 3.05) is 0 Å². The third kappa shape index (κ3) is 4.32. The van der Waals surface area contributed by atoms with Crippen LogP contribution >= 0.6 is 0 Å². The van der Waals surface area contributed by atoms with E-state index in [1.54, 1.807) is 0 Å². The van der Waals surface area contributed by atoms with E-state index >= 15 is 0 Å². The number of aromatic nitrogens is 1. The summed E-state index contributed by atoms with van der Waals surface area (Å²) < 4.78 is 4.94. The first-order valence-electron chi connectivity index (χ1n) is 9.53. The molecule has 2 aromatic carbocycles. The number of aryl methyl sites for hydroxylation is 1. The van der Waals surface area contributed by atoms with Gasteiger partial charge in [-0.3, -0.25) is 0 Å². The van der Waals surface area contributed by atoms with E-state index in [1.165, 1.54) is 0 Å². The number of nitrogens with two attached hydrogens (primary N) is 1. The van der Waals surface area contributed by atoms with Gasteiger partial charge in [0.1, 0.15) is 5.84 Å². The van der Waals surface area contributed by atoms with Gasteiger partial charge in [0.15, 0.2) is 5.82 Å². The molecule has 1 saturated carbocycles. The zero-order chi connectivity index (χ0) is 20.4. The first-order valence-corrected chi connectivity index (χ1v) is 9.53. The van der Waals surface area contributed by atoms with E-state index in [0.29, 0.717) is 17.4 Å². The number of nitrogens with zero attached hydrogens (tertiary/aromatic N) is 2. The number of rotatable bonds is 6. The Labute approximate surface area is 200 Å². The molecule has 0 spiro atoms. The van der Waals surface area contributed by atoms with E-state index in [2.05, 4.69) is 23.2 Å². The van der Waals surface area contributed by atoms with E-state index < -0.39 is 0 Å². The fourth-order valence-corrected chi connectivity index (χ4v) is 3.66. The molecule has 150 valence electrons. The molecule has 30 heavy (non-hydrogen) atoms. The summed E-state index contributed by atoms with van der Waals surface area (Å²) in [5.74, 6) is 1.74. The number of amidine groups is 1. The summed E-state index contributed by atoms with van der Waals surface area (Å²) in [4.78, 5) is 9.27. The molecule has 5 nitrogen and oxygen atoms in total. The van der Waals surface area contributed by atoms with Crippen LogP contribution in [0.1, 0.15) is 29.7 Å². The second-order valence-electron chi connectivity index (χ2n) is 7.28. The Morgan fingerprint density at radius 2 is 1.97 bits per heavy atom. The molecule has 1 aliphatic carbocycles. The molecule has 0 amide bonds. The average Bonchev–Trinajstić information content (AvgIpc) is 3.56. The third-order valence-electron chi connectivity index (χ3n) is 5.52. The molecule has 1 heterocycles. The van der Waals surface area contributed by atoms with Gasteiger partial charge < -0.3 is 15.6 Å². The van der Waals surface area contributed by atoms with Gasteiger partial charge in [-0.15, -0.1) is 17.7 Å². The standard InChI is InChI=1S/C24H23N3O2.U/c1-16-20(21-6-4-3-5-17(21)15-28)11-12-22(26-16)27-23(25)24(13-14-24)18-7-9-19(29-2)10-8-18;/h3-9,11-12,28H,2,13-15H2,1H3,(H2,25,26,27);/q-2;+2. The van der Waals surface area contributed by atoms with Gasteiger partial charge in [-0.2, -0.15) is 19.2 Å². The SMILES string of the molecule is [CH2-]Oc1[c-]cc(C2(C(N)=Nc3ccc(-c4ccccc4CO)c(C)n3)CC2)cc1.[U+2]. The summed E-state index contributed by atoms with van der Waals surface area (Å²) in [5.41, 5.74) is 10.9. The van der Waals surface area contributed by atoms with Gasteiger partial charge >= 0.3 is 31.1 Å². The molecule has 0 unspecified atom stereocenters. The normalized spacial score (nSPS) is 14.7. The molecule has 6 heteroatoms. The third-order valence-corrected chi connectivity index (χ3v) is 5.52. The van der Waals surface area contributed by atoms with Crippen molar-refractivity contribution in [1.82, 2.24) is 4.98 Å². The molecule has 4 rings (SSSR count). The average molecular weight is 623 g/mol. The van der Waals surface area contributed by atoms with E-state index in [1.807, 2.05) is 61.5 Å². The second-order valence-corrected chi connectivity index (χ2v) is 7.28. The Kier molecular flexibility index (Phi) is 7.03. The molecule has 1 aliphatic rings. The Morgan fingerprint density at radius 1 is 1.20 bits per heavy atom.